The van der Waals surface area contributed by atoms with Crippen LogP contribution < -0.4 is 10.1 Å². The van der Waals surface area contributed by atoms with Crippen molar-refractivity contribution in [3.63, 3.8) is 0 Å². The molecule has 5 nitrogen and oxygen atoms in total. The van der Waals surface area contributed by atoms with Crippen LogP contribution in [0.2, 0.25) is 0 Å². The van der Waals surface area contributed by atoms with E-state index >= 15 is 0 Å². The summed E-state index contributed by atoms with van der Waals surface area (Å²) in [5.41, 5.74) is 6.59. The van der Waals surface area contributed by atoms with Crippen molar-refractivity contribution < 1.29 is 9.53 Å². The minimum atomic E-state index is -0.208. The summed E-state index contributed by atoms with van der Waals surface area (Å²) in [4.78, 5) is 20.6. The standard InChI is InChI=1S/C23H21N3O2/c1-14-12-19-20(13-15(14)2)26-22(25-19)16-8-10-17(11-9-16)24-23(27)18-6-4-5-7-21(18)28-3/h4-13H,1-3H3,(H,24,27)(H,25,26). The Morgan fingerprint density at radius 2 is 1.71 bits per heavy atom. The van der Waals surface area contributed by atoms with Gasteiger partial charge in [0.05, 0.1) is 23.7 Å². The molecule has 1 aromatic heterocycles. The summed E-state index contributed by atoms with van der Waals surface area (Å²) in [5, 5.41) is 2.90. The first kappa shape index (κ1) is 17.8. The Balaban J connectivity index is 1.56. The number of amides is 1. The van der Waals surface area contributed by atoms with E-state index in [1.165, 1.54) is 11.1 Å². The van der Waals surface area contributed by atoms with E-state index in [1.54, 1.807) is 19.2 Å². The first-order valence-electron chi connectivity index (χ1n) is 9.07. The molecule has 5 heteroatoms. The van der Waals surface area contributed by atoms with Gasteiger partial charge in [-0.2, -0.15) is 0 Å². The minimum Gasteiger partial charge on any atom is -0.496 e. The number of aryl methyl sites for hydroxylation is 2. The van der Waals surface area contributed by atoms with E-state index in [1.807, 2.05) is 36.4 Å². The zero-order valence-electron chi connectivity index (χ0n) is 16.0. The number of methoxy groups -OCH3 is 1. The highest BCUT2D eigenvalue weighted by molar-refractivity contribution is 6.06. The van der Waals surface area contributed by atoms with Crippen LogP contribution in [-0.2, 0) is 0 Å². The maximum atomic E-state index is 12.5. The van der Waals surface area contributed by atoms with E-state index < -0.39 is 0 Å². The van der Waals surface area contributed by atoms with Gasteiger partial charge < -0.3 is 15.0 Å². The first-order valence-corrected chi connectivity index (χ1v) is 9.07. The molecule has 3 aromatic carbocycles. The lowest BCUT2D eigenvalue weighted by Crippen LogP contribution is -2.13. The third-order valence-electron chi connectivity index (χ3n) is 4.87. The van der Waals surface area contributed by atoms with Crippen molar-refractivity contribution in [2.24, 2.45) is 0 Å². The number of hydrogen-bond donors (Lipinski definition) is 2. The Labute approximate surface area is 163 Å². The highest BCUT2D eigenvalue weighted by Crippen LogP contribution is 2.25. The number of hydrogen-bond acceptors (Lipinski definition) is 3. The summed E-state index contributed by atoms with van der Waals surface area (Å²) >= 11 is 0. The number of ether oxygens (including phenoxy) is 1. The molecule has 2 N–H and O–H groups in total. The molecular formula is C23H21N3O2. The number of carbonyl (C=O) groups is 1. The molecule has 0 aliphatic carbocycles. The third-order valence-corrected chi connectivity index (χ3v) is 4.87. The van der Waals surface area contributed by atoms with Gasteiger partial charge in [-0.25, -0.2) is 4.98 Å². The van der Waals surface area contributed by atoms with Crippen LogP contribution in [0.15, 0.2) is 60.7 Å². The quantitative estimate of drug-likeness (QED) is 0.524. The van der Waals surface area contributed by atoms with Gasteiger partial charge in [-0.05, 0) is 73.5 Å². The number of fused-ring (bicyclic) bond motifs is 1. The first-order chi connectivity index (χ1) is 13.5. The Kier molecular flexibility index (Phi) is 4.57. The van der Waals surface area contributed by atoms with E-state index in [-0.39, 0.29) is 5.91 Å². The molecule has 4 rings (SSSR count). The highest BCUT2D eigenvalue weighted by Gasteiger charge is 2.12. The predicted octanol–water partition coefficient (Wildman–Crippen LogP) is 5.11. The molecule has 1 amide bonds. The molecular weight excluding hydrogens is 350 g/mol. The monoisotopic (exact) mass is 371 g/mol. The fraction of sp³-hybridized carbons (Fsp3) is 0.130. The molecule has 28 heavy (non-hydrogen) atoms. The Morgan fingerprint density at radius 1 is 1.00 bits per heavy atom. The maximum Gasteiger partial charge on any atom is 0.259 e. The molecule has 0 bridgehead atoms. The topological polar surface area (TPSA) is 67.0 Å². The second-order valence-electron chi connectivity index (χ2n) is 6.77. The Morgan fingerprint density at radius 3 is 2.46 bits per heavy atom. The van der Waals surface area contributed by atoms with Crippen LogP contribution in [0.4, 0.5) is 5.69 Å². The normalized spacial score (nSPS) is 10.8. The molecule has 0 aliphatic heterocycles. The number of benzene rings is 3. The molecule has 1 heterocycles. The molecule has 140 valence electrons. The summed E-state index contributed by atoms with van der Waals surface area (Å²) in [7, 11) is 1.55. The molecule has 0 unspecified atom stereocenters. The van der Waals surface area contributed by atoms with Crippen molar-refractivity contribution >= 4 is 22.6 Å². The lowest BCUT2D eigenvalue weighted by atomic mass is 10.1. The number of nitrogens with zero attached hydrogens (tertiary/aromatic N) is 1. The second kappa shape index (κ2) is 7.19. The lowest BCUT2D eigenvalue weighted by Gasteiger charge is -2.09. The summed E-state index contributed by atoms with van der Waals surface area (Å²) in [6.45, 7) is 4.18. The van der Waals surface area contributed by atoms with Gasteiger partial charge in [0.25, 0.3) is 5.91 Å². The average molecular weight is 371 g/mol. The van der Waals surface area contributed by atoms with Crippen molar-refractivity contribution in [1.29, 1.82) is 0 Å². The van der Waals surface area contributed by atoms with Gasteiger partial charge in [0, 0.05) is 11.3 Å². The molecule has 0 fully saturated rings. The molecule has 0 radical (unpaired) electrons. The van der Waals surface area contributed by atoms with E-state index in [9.17, 15) is 4.79 Å². The summed E-state index contributed by atoms with van der Waals surface area (Å²) < 4.78 is 5.25. The van der Waals surface area contributed by atoms with Crippen LogP contribution in [-0.4, -0.2) is 23.0 Å². The summed E-state index contributed by atoms with van der Waals surface area (Å²) in [6, 6.07) is 19.0. The van der Waals surface area contributed by atoms with Crippen molar-refractivity contribution in [2.75, 3.05) is 12.4 Å². The molecule has 0 aliphatic rings. The van der Waals surface area contributed by atoms with Gasteiger partial charge in [0.1, 0.15) is 11.6 Å². The number of imidazole rings is 1. The van der Waals surface area contributed by atoms with E-state index in [2.05, 4.69) is 41.3 Å². The van der Waals surface area contributed by atoms with Crippen LogP contribution in [0.5, 0.6) is 5.75 Å². The fourth-order valence-corrected chi connectivity index (χ4v) is 3.15. The zero-order chi connectivity index (χ0) is 19.7. The van der Waals surface area contributed by atoms with E-state index in [4.69, 9.17) is 4.74 Å². The van der Waals surface area contributed by atoms with Crippen molar-refractivity contribution in [3.8, 4) is 17.1 Å². The maximum absolute atomic E-state index is 12.5. The second-order valence-corrected chi connectivity index (χ2v) is 6.77. The van der Waals surface area contributed by atoms with Crippen LogP contribution in [0.1, 0.15) is 21.5 Å². The highest BCUT2D eigenvalue weighted by atomic mass is 16.5. The van der Waals surface area contributed by atoms with Crippen LogP contribution in [0.25, 0.3) is 22.4 Å². The zero-order valence-corrected chi connectivity index (χ0v) is 16.0. The van der Waals surface area contributed by atoms with Crippen LogP contribution >= 0.6 is 0 Å². The largest absolute Gasteiger partial charge is 0.496 e. The van der Waals surface area contributed by atoms with Gasteiger partial charge >= 0.3 is 0 Å². The van der Waals surface area contributed by atoms with E-state index in [0.717, 1.165) is 22.4 Å². The number of para-hydroxylation sites is 1. The smallest absolute Gasteiger partial charge is 0.259 e. The SMILES string of the molecule is COc1ccccc1C(=O)Nc1ccc(-c2nc3cc(C)c(C)cc3[nH]2)cc1. The number of anilines is 1. The molecule has 0 saturated heterocycles. The number of nitrogens with one attached hydrogen (secondary N) is 2. The third kappa shape index (κ3) is 3.34. The molecule has 0 saturated carbocycles. The van der Waals surface area contributed by atoms with Crippen LogP contribution in [0, 0.1) is 13.8 Å². The molecule has 0 spiro atoms. The van der Waals surface area contributed by atoms with Crippen molar-refractivity contribution in [2.45, 2.75) is 13.8 Å². The summed E-state index contributed by atoms with van der Waals surface area (Å²) in [6.07, 6.45) is 0. The number of aromatic nitrogens is 2. The molecule has 4 aromatic rings. The van der Waals surface area contributed by atoms with Gasteiger partial charge in [-0.15, -0.1) is 0 Å². The van der Waals surface area contributed by atoms with Gasteiger partial charge in [-0.3, -0.25) is 4.79 Å². The minimum absolute atomic E-state index is 0.208. The lowest BCUT2D eigenvalue weighted by molar-refractivity contribution is 0.102. The Bertz CT molecular complexity index is 1120. The van der Waals surface area contributed by atoms with Gasteiger partial charge in [0.15, 0.2) is 0 Å². The predicted molar refractivity (Wildman–Crippen MR) is 112 cm³/mol. The van der Waals surface area contributed by atoms with Crippen molar-refractivity contribution in [3.05, 3.63) is 77.4 Å². The number of aromatic amines is 1. The summed E-state index contributed by atoms with van der Waals surface area (Å²) in [5.74, 6) is 1.15. The number of carbonyl (C=O) groups excluding carboxylic acids is 1. The van der Waals surface area contributed by atoms with Gasteiger partial charge in [0.2, 0.25) is 0 Å². The van der Waals surface area contributed by atoms with E-state index in [0.29, 0.717) is 17.0 Å². The Hall–Kier alpha value is -3.60. The van der Waals surface area contributed by atoms with Crippen molar-refractivity contribution in [1.82, 2.24) is 9.97 Å². The average Bonchev–Trinajstić information content (AvgIpc) is 3.11. The fourth-order valence-electron chi connectivity index (χ4n) is 3.15. The van der Waals surface area contributed by atoms with Crippen LogP contribution in [0.3, 0.4) is 0 Å². The number of H-pyrrole nitrogens is 1. The van der Waals surface area contributed by atoms with Gasteiger partial charge in [-0.1, -0.05) is 12.1 Å². The molecule has 0 atom stereocenters. The number of rotatable bonds is 4.